The highest BCUT2D eigenvalue weighted by Crippen LogP contribution is 2.22. The van der Waals surface area contributed by atoms with Crippen molar-refractivity contribution in [3.8, 4) is 0 Å². The van der Waals surface area contributed by atoms with Crippen LogP contribution < -0.4 is 5.32 Å². The van der Waals surface area contributed by atoms with Gasteiger partial charge < -0.3 is 20.1 Å². The molecule has 0 amide bonds. The number of carbonyl (C=O) groups excluding carboxylic acids is 1. The monoisotopic (exact) mass is 476 g/mol. The summed E-state index contributed by atoms with van der Waals surface area (Å²) in [6.45, 7) is 8.15. The van der Waals surface area contributed by atoms with Gasteiger partial charge in [-0.1, -0.05) is 43.6 Å². The number of halogens is 1. The fourth-order valence-corrected chi connectivity index (χ4v) is 3.64. The van der Waals surface area contributed by atoms with Crippen LogP contribution in [0.25, 0.3) is 0 Å². The predicted molar refractivity (Wildman–Crippen MR) is 131 cm³/mol. The molecule has 8 heteroatoms. The van der Waals surface area contributed by atoms with E-state index in [-0.39, 0.29) is 17.6 Å². The van der Waals surface area contributed by atoms with Crippen molar-refractivity contribution < 1.29 is 19.4 Å². The zero-order chi connectivity index (χ0) is 23.8. The Morgan fingerprint density at radius 3 is 2.38 bits per heavy atom. The third-order valence-electron chi connectivity index (χ3n) is 4.86. The zero-order valence-electron chi connectivity index (χ0n) is 18.7. The molecule has 0 aliphatic heterocycles. The summed E-state index contributed by atoms with van der Waals surface area (Å²) in [5.74, 6) is -1.19. The minimum Gasteiger partial charge on any atom is -0.480 e. The van der Waals surface area contributed by atoms with E-state index in [1.807, 2.05) is 32.9 Å². The molecule has 0 saturated carbocycles. The molecule has 0 bridgehead atoms. The maximum absolute atomic E-state index is 12.1. The first-order chi connectivity index (χ1) is 15.1. The van der Waals surface area contributed by atoms with Gasteiger partial charge >= 0.3 is 11.9 Å². The summed E-state index contributed by atoms with van der Waals surface area (Å²) in [6.07, 6.45) is 0.423. The second-order valence-electron chi connectivity index (χ2n) is 7.92. The van der Waals surface area contributed by atoms with E-state index in [0.29, 0.717) is 29.3 Å². The molecule has 1 atom stereocenters. The van der Waals surface area contributed by atoms with Crippen LogP contribution in [0.15, 0.2) is 42.5 Å². The standard InChI is InChI=1S/C24H29ClN2O4S/c1-5-31-23(30)18-9-7-17(8-10-18)14-27(21(22(28)29)12-15(2)3)24(32)26-19-11-6-16(4)20(25)13-19/h6-11,13,15,21H,5,12,14H2,1-4H3,(H,26,32)(H,28,29)/t21-/m0/s1. The fourth-order valence-electron chi connectivity index (χ4n) is 3.15. The number of esters is 1. The van der Waals surface area contributed by atoms with Crippen LogP contribution >= 0.6 is 23.8 Å². The number of nitrogens with one attached hydrogen (secondary N) is 1. The molecule has 6 nitrogen and oxygen atoms in total. The number of rotatable bonds is 9. The average molecular weight is 477 g/mol. The van der Waals surface area contributed by atoms with Crippen LogP contribution in [0.1, 0.15) is 48.7 Å². The third-order valence-corrected chi connectivity index (χ3v) is 5.60. The van der Waals surface area contributed by atoms with Gasteiger partial charge in [-0.3, -0.25) is 0 Å². The Hall–Kier alpha value is -2.64. The van der Waals surface area contributed by atoms with Crippen molar-refractivity contribution in [3.05, 3.63) is 64.2 Å². The third kappa shape index (κ3) is 7.21. The van der Waals surface area contributed by atoms with Crippen molar-refractivity contribution in [1.29, 1.82) is 0 Å². The smallest absolute Gasteiger partial charge is 0.338 e. The Kier molecular flexibility index (Phi) is 9.47. The molecule has 0 aliphatic rings. The molecule has 2 aromatic rings. The number of thiocarbonyl (C=S) groups is 1. The van der Waals surface area contributed by atoms with Crippen LogP contribution in [0.4, 0.5) is 5.69 Å². The number of nitrogens with zero attached hydrogens (tertiary/aromatic N) is 1. The first-order valence-electron chi connectivity index (χ1n) is 10.4. The lowest BCUT2D eigenvalue weighted by Gasteiger charge is -2.32. The maximum Gasteiger partial charge on any atom is 0.338 e. The fraction of sp³-hybridized carbons (Fsp3) is 0.375. The second-order valence-corrected chi connectivity index (χ2v) is 8.72. The van der Waals surface area contributed by atoms with Crippen LogP contribution in [-0.2, 0) is 16.1 Å². The first kappa shape index (κ1) is 25.6. The van der Waals surface area contributed by atoms with Crippen molar-refractivity contribution >= 4 is 46.6 Å². The van der Waals surface area contributed by atoms with Crippen molar-refractivity contribution in [2.45, 2.75) is 46.7 Å². The molecule has 172 valence electrons. The summed E-state index contributed by atoms with van der Waals surface area (Å²) in [4.78, 5) is 25.7. The number of aryl methyl sites for hydroxylation is 1. The Labute approximate surface area is 199 Å². The van der Waals surface area contributed by atoms with Gasteiger partial charge in [0.05, 0.1) is 12.2 Å². The molecule has 0 radical (unpaired) electrons. The lowest BCUT2D eigenvalue weighted by molar-refractivity contribution is -0.142. The predicted octanol–water partition coefficient (Wildman–Crippen LogP) is 5.52. The van der Waals surface area contributed by atoms with Gasteiger partial charge in [0.15, 0.2) is 5.11 Å². The highest BCUT2D eigenvalue weighted by Gasteiger charge is 2.29. The molecule has 0 spiro atoms. The SMILES string of the molecule is CCOC(=O)c1ccc(CN(C(=S)Nc2ccc(C)c(Cl)c2)[C@@H](CC(C)C)C(=O)O)cc1. The highest BCUT2D eigenvalue weighted by atomic mass is 35.5. The molecule has 2 rings (SSSR count). The molecule has 2 N–H and O–H groups in total. The quantitative estimate of drug-likeness (QED) is 0.364. The molecule has 0 heterocycles. The average Bonchev–Trinajstić information content (AvgIpc) is 2.73. The van der Waals surface area contributed by atoms with E-state index < -0.39 is 18.0 Å². The maximum atomic E-state index is 12.1. The summed E-state index contributed by atoms with van der Waals surface area (Å²) in [6, 6.07) is 11.5. The Balaban J connectivity index is 2.30. The molecule has 0 aliphatic carbocycles. The summed E-state index contributed by atoms with van der Waals surface area (Å²) >= 11 is 11.8. The van der Waals surface area contributed by atoms with E-state index in [1.54, 1.807) is 42.2 Å². The van der Waals surface area contributed by atoms with Gasteiger partial charge in [0, 0.05) is 17.3 Å². The largest absolute Gasteiger partial charge is 0.480 e. The summed E-state index contributed by atoms with van der Waals surface area (Å²) < 4.78 is 5.02. The number of hydrogen-bond acceptors (Lipinski definition) is 4. The number of carboxylic acid groups (broad SMARTS) is 1. The molecular weight excluding hydrogens is 448 g/mol. The van der Waals surface area contributed by atoms with Gasteiger partial charge in [-0.05, 0) is 73.8 Å². The highest BCUT2D eigenvalue weighted by molar-refractivity contribution is 7.80. The van der Waals surface area contributed by atoms with Gasteiger partial charge in [-0.2, -0.15) is 0 Å². The zero-order valence-corrected chi connectivity index (χ0v) is 20.3. The summed E-state index contributed by atoms with van der Waals surface area (Å²) in [7, 11) is 0. The van der Waals surface area contributed by atoms with Gasteiger partial charge in [-0.15, -0.1) is 0 Å². The van der Waals surface area contributed by atoms with E-state index >= 15 is 0 Å². The minimum atomic E-state index is -0.951. The van der Waals surface area contributed by atoms with Crippen molar-refractivity contribution in [2.24, 2.45) is 5.92 Å². The molecule has 0 fully saturated rings. The van der Waals surface area contributed by atoms with Gasteiger partial charge in [0.1, 0.15) is 6.04 Å². The lowest BCUT2D eigenvalue weighted by Crippen LogP contribution is -2.47. The number of ether oxygens (including phenoxy) is 1. The van der Waals surface area contributed by atoms with E-state index in [1.165, 1.54) is 0 Å². The van der Waals surface area contributed by atoms with Gasteiger partial charge in [-0.25, -0.2) is 9.59 Å². The Morgan fingerprint density at radius 2 is 1.84 bits per heavy atom. The topological polar surface area (TPSA) is 78.9 Å². The van der Waals surface area contributed by atoms with Crippen molar-refractivity contribution in [2.75, 3.05) is 11.9 Å². The first-order valence-corrected chi connectivity index (χ1v) is 11.2. The van der Waals surface area contributed by atoms with Crippen LogP contribution in [-0.4, -0.2) is 39.7 Å². The molecule has 32 heavy (non-hydrogen) atoms. The van der Waals surface area contributed by atoms with E-state index in [9.17, 15) is 14.7 Å². The van der Waals surface area contributed by atoms with E-state index in [0.717, 1.165) is 11.1 Å². The molecule has 0 aromatic heterocycles. The van der Waals surface area contributed by atoms with Crippen LogP contribution in [0, 0.1) is 12.8 Å². The molecule has 0 unspecified atom stereocenters. The summed E-state index contributed by atoms with van der Waals surface area (Å²) in [5, 5.41) is 13.9. The normalized spacial score (nSPS) is 11.7. The Bertz CT molecular complexity index is 963. The van der Waals surface area contributed by atoms with Gasteiger partial charge in [0.2, 0.25) is 0 Å². The molecule has 2 aromatic carbocycles. The number of carboxylic acids is 1. The van der Waals surface area contributed by atoms with Crippen molar-refractivity contribution in [3.63, 3.8) is 0 Å². The molecule has 0 saturated heterocycles. The number of aliphatic carboxylic acids is 1. The molecular formula is C24H29ClN2O4S. The summed E-state index contributed by atoms with van der Waals surface area (Å²) in [5.41, 5.74) is 2.88. The van der Waals surface area contributed by atoms with Crippen LogP contribution in [0.3, 0.4) is 0 Å². The lowest BCUT2D eigenvalue weighted by atomic mass is 10.0. The van der Waals surface area contributed by atoms with Crippen LogP contribution in [0.5, 0.6) is 0 Å². The Morgan fingerprint density at radius 1 is 1.19 bits per heavy atom. The van der Waals surface area contributed by atoms with E-state index in [4.69, 9.17) is 28.6 Å². The number of hydrogen-bond donors (Lipinski definition) is 2. The van der Waals surface area contributed by atoms with Gasteiger partial charge in [0.25, 0.3) is 0 Å². The number of carbonyl (C=O) groups is 2. The number of anilines is 1. The van der Waals surface area contributed by atoms with E-state index in [2.05, 4.69) is 5.32 Å². The van der Waals surface area contributed by atoms with Crippen LogP contribution in [0.2, 0.25) is 5.02 Å². The minimum absolute atomic E-state index is 0.154. The number of benzene rings is 2. The van der Waals surface area contributed by atoms with Crippen molar-refractivity contribution in [1.82, 2.24) is 4.90 Å². The second kappa shape index (κ2) is 11.8.